The lowest BCUT2D eigenvalue weighted by Gasteiger charge is -2.24. The molecule has 3 N–H and O–H groups in total. The summed E-state index contributed by atoms with van der Waals surface area (Å²) in [6.07, 6.45) is 12.9. The Morgan fingerprint density at radius 3 is 2.47 bits per heavy atom. The van der Waals surface area contributed by atoms with Gasteiger partial charge in [0.05, 0.1) is 0 Å². The summed E-state index contributed by atoms with van der Waals surface area (Å²) in [5.41, 5.74) is 6.18. The van der Waals surface area contributed by atoms with Gasteiger partial charge in [0.1, 0.15) is 6.29 Å². The van der Waals surface area contributed by atoms with Crippen LogP contribution in [0.4, 0.5) is 0 Å². The van der Waals surface area contributed by atoms with Gasteiger partial charge in [-0.3, -0.25) is 0 Å². The normalized spacial score (nSPS) is 17.4. The molecule has 1 fully saturated rings. The monoisotopic (exact) mass is 270 g/mol. The minimum atomic E-state index is 0.428. The molecule has 114 valence electrons. The van der Waals surface area contributed by atoms with Crippen molar-refractivity contribution in [2.45, 2.75) is 77.7 Å². The molecule has 0 unspecified atom stereocenters. The van der Waals surface area contributed by atoms with Crippen molar-refractivity contribution >= 4 is 6.29 Å². The van der Waals surface area contributed by atoms with Crippen molar-refractivity contribution in [3.63, 3.8) is 0 Å². The molecule has 0 aromatic rings. The lowest BCUT2D eigenvalue weighted by Crippen LogP contribution is -2.29. The van der Waals surface area contributed by atoms with E-state index in [0.717, 1.165) is 31.7 Å². The molecule has 0 aromatic heterocycles. The van der Waals surface area contributed by atoms with Crippen LogP contribution in [-0.2, 0) is 4.79 Å². The van der Waals surface area contributed by atoms with Crippen LogP contribution in [0, 0.1) is 5.92 Å². The van der Waals surface area contributed by atoms with Crippen LogP contribution in [0.25, 0.3) is 0 Å². The predicted molar refractivity (Wildman–Crippen MR) is 83.3 cm³/mol. The molecule has 1 atom stereocenters. The van der Waals surface area contributed by atoms with Crippen LogP contribution in [0.3, 0.4) is 0 Å². The Morgan fingerprint density at radius 1 is 1.26 bits per heavy atom. The summed E-state index contributed by atoms with van der Waals surface area (Å²) in [7, 11) is 0. The van der Waals surface area contributed by atoms with Crippen LogP contribution in [-0.4, -0.2) is 25.4 Å². The number of unbranched alkanes of at least 4 members (excludes halogenated alkanes) is 1. The first-order valence-corrected chi connectivity index (χ1v) is 8.10. The number of rotatable bonds is 8. The fourth-order valence-corrected chi connectivity index (χ4v) is 2.68. The van der Waals surface area contributed by atoms with Gasteiger partial charge in [-0.1, -0.05) is 45.4 Å². The van der Waals surface area contributed by atoms with E-state index in [4.69, 9.17) is 10.5 Å². The van der Waals surface area contributed by atoms with E-state index in [0.29, 0.717) is 6.04 Å². The number of hydrogen-bond acceptors (Lipinski definition) is 3. The molecule has 0 saturated heterocycles. The third-order valence-corrected chi connectivity index (χ3v) is 3.76. The van der Waals surface area contributed by atoms with Gasteiger partial charge in [0, 0.05) is 6.04 Å². The molecule has 3 heteroatoms. The molecule has 1 aliphatic rings. The Morgan fingerprint density at radius 2 is 1.89 bits per heavy atom. The van der Waals surface area contributed by atoms with Crippen LogP contribution in [0.1, 0.15) is 71.6 Å². The van der Waals surface area contributed by atoms with Gasteiger partial charge in [-0.15, -0.1) is 0 Å². The molecule has 3 nitrogen and oxygen atoms in total. The number of carbonyl (C=O) groups excluding carboxylic acids is 1. The third kappa shape index (κ3) is 12.4. The summed E-state index contributed by atoms with van der Waals surface area (Å²) in [4.78, 5) is 8.81. The highest BCUT2D eigenvalue weighted by molar-refractivity contribution is 5.44. The fourth-order valence-electron chi connectivity index (χ4n) is 2.68. The van der Waals surface area contributed by atoms with Crippen molar-refractivity contribution in [2.24, 2.45) is 11.7 Å². The summed E-state index contributed by atoms with van der Waals surface area (Å²) < 4.78 is 0. The highest BCUT2D eigenvalue weighted by Gasteiger charge is 2.16. The van der Waals surface area contributed by atoms with Gasteiger partial charge < -0.3 is 15.8 Å². The zero-order valence-electron chi connectivity index (χ0n) is 13.0. The van der Waals surface area contributed by atoms with Crippen LogP contribution < -0.4 is 11.1 Å². The van der Waals surface area contributed by atoms with Crippen LogP contribution in [0.15, 0.2) is 0 Å². The fraction of sp³-hybridized carbons (Fsp3) is 0.938. The summed E-state index contributed by atoms with van der Waals surface area (Å²) in [5, 5.41) is 3.47. The Hall–Kier alpha value is -0.410. The zero-order chi connectivity index (χ0) is 14.3. The molecule has 0 bridgehead atoms. The molecule has 19 heavy (non-hydrogen) atoms. The number of carbonyl (C=O) groups is 1. The van der Waals surface area contributed by atoms with Crippen molar-refractivity contribution in [3.05, 3.63) is 0 Å². The number of aldehydes is 1. The highest BCUT2D eigenvalue weighted by atomic mass is 16.1. The SMILES string of the molecule is CC=O.CCCCNCC[C@@H](N)CC1CCCCC1. The van der Waals surface area contributed by atoms with Crippen molar-refractivity contribution in [3.8, 4) is 0 Å². The molecular weight excluding hydrogens is 236 g/mol. The smallest absolute Gasteiger partial charge is 0.116 e. The Kier molecular flexibility index (Phi) is 13.7. The molecule has 0 amide bonds. The summed E-state index contributed by atoms with van der Waals surface area (Å²) in [6.45, 7) is 5.94. The minimum absolute atomic E-state index is 0.428. The van der Waals surface area contributed by atoms with Crippen LogP contribution in [0.5, 0.6) is 0 Å². The van der Waals surface area contributed by atoms with E-state index in [1.165, 1.54) is 58.3 Å². The van der Waals surface area contributed by atoms with Gasteiger partial charge in [-0.05, 0) is 45.2 Å². The van der Waals surface area contributed by atoms with Crippen LogP contribution in [0.2, 0.25) is 0 Å². The Labute approximate surface area is 119 Å². The van der Waals surface area contributed by atoms with Crippen molar-refractivity contribution in [1.82, 2.24) is 5.32 Å². The van der Waals surface area contributed by atoms with Gasteiger partial charge in [-0.2, -0.15) is 0 Å². The van der Waals surface area contributed by atoms with Gasteiger partial charge in [0.15, 0.2) is 0 Å². The Bertz CT molecular complexity index is 191. The molecule has 1 rings (SSSR count). The second-order valence-electron chi connectivity index (χ2n) is 5.63. The number of nitrogens with two attached hydrogens (primary N) is 1. The molecule has 0 radical (unpaired) electrons. The van der Waals surface area contributed by atoms with Gasteiger partial charge in [0.2, 0.25) is 0 Å². The predicted octanol–water partition coefficient (Wildman–Crippen LogP) is 3.27. The van der Waals surface area contributed by atoms with Gasteiger partial charge in [0.25, 0.3) is 0 Å². The first kappa shape index (κ1) is 18.6. The Balaban J connectivity index is 0.000000982. The lowest BCUT2D eigenvalue weighted by atomic mass is 9.84. The second-order valence-corrected chi connectivity index (χ2v) is 5.63. The van der Waals surface area contributed by atoms with Crippen molar-refractivity contribution in [1.29, 1.82) is 0 Å². The molecule has 1 aliphatic carbocycles. The maximum absolute atomic E-state index is 8.81. The number of nitrogens with one attached hydrogen (secondary N) is 1. The quantitative estimate of drug-likeness (QED) is 0.526. The van der Waals surface area contributed by atoms with E-state index in [-0.39, 0.29) is 0 Å². The largest absolute Gasteiger partial charge is 0.328 e. The lowest BCUT2D eigenvalue weighted by molar-refractivity contribution is -0.106. The van der Waals surface area contributed by atoms with E-state index in [2.05, 4.69) is 12.2 Å². The molecule has 0 aliphatic heterocycles. The highest BCUT2D eigenvalue weighted by Crippen LogP contribution is 2.27. The minimum Gasteiger partial charge on any atom is -0.328 e. The summed E-state index contributed by atoms with van der Waals surface area (Å²) in [6, 6.07) is 0.428. The van der Waals surface area contributed by atoms with E-state index >= 15 is 0 Å². The molecule has 1 saturated carbocycles. The zero-order valence-corrected chi connectivity index (χ0v) is 13.0. The van der Waals surface area contributed by atoms with E-state index in [9.17, 15) is 0 Å². The average Bonchev–Trinajstić information content (AvgIpc) is 2.40. The molecule has 0 heterocycles. The van der Waals surface area contributed by atoms with Crippen LogP contribution >= 0.6 is 0 Å². The molecular formula is C16H34N2O. The first-order valence-electron chi connectivity index (χ1n) is 8.10. The van der Waals surface area contributed by atoms with Crippen molar-refractivity contribution < 1.29 is 4.79 Å². The van der Waals surface area contributed by atoms with E-state index in [1.54, 1.807) is 0 Å². The van der Waals surface area contributed by atoms with Crippen molar-refractivity contribution in [2.75, 3.05) is 13.1 Å². The second kappa shape index (κ2) is 14.0. The standard InChI is InChI=1S/C14H30N2.C2H4O/c1-2-3-10-16-11-9-14(15)12-13-7-5-4-6-8-13;1-2-3/h13-14,16H,2-12,15H2,1H3;2H,1H3/t14-;/m1./s1. The van der Waals surface area contributed by atoms with E-state index in [1.807, 2.05) is 0 Å². The topological polar surface area (TPSA) is 55.1 Å². The maximum atomic E-state index is 8.81. The summed E-state index contributed by atoms with van der Waals surface area (Å²) >= 11 is 0. The summed E-state index contributed by atoms with van der Waals surface area (Å²) in [5.74, 6) is 0.930. The van der Waals surface area contributed by atoms with Gasteiger partial charge in [-0.25, -0.2) is 0 Å². The maximum Gasteiger partial charge on any atom is 0.116 e. The molecule has 0 spiro atoms. The molecule has 0 aromatic carbocycles. The number of hydrogen-bond donors (Lipinski definition) is 2. The third-order valence-electron chi connectivity index (χ3n) is 3.76. The average molecular weight is 270 g/mol. The van der Waals surface area contributed by atoms with E-state index < -0.39 is 0 Å². The first-order chi connectivity index (χ1) is 9.24. The van der Waals surface area contributed by atoms with Gasteiger partial charge >= 0.3 is 0 Å².